The number of carbonyl (C=O) groups is 2. The molecular weight excluding hydrogens is 737 g/mol. The minimum absolute atomic E-state index is 0.0174. The van der Waals surface area contributed by atoms with Crippen LogP contribution in [-0.2, 0) is 64.9 Å². The van der Waals surface area contributed by atoms with Crippen LogP contribution in [0.25, 0.3) is 11.1 Å². The second kappa shape index (κ2) is 18.1. The normalized spacial score (nSPS) is 20.0. The molecule has 5 aromatic carbocycles. The second-order valence-corrected chi connectivity index (χ2v) is 16.8. The monoisotopic (exact) mass is 786 g/mol. The number of ether oxygens (including phenoxy) is 6. The molecule has 1 aliphatic carbocycles. The van der Waals surface area contributed by atoms with E-state index in [1.54, 1.807) is 0 Å². The zero-order valence-electron chi connectivity index (χ0n) is 33.1. The molecule has 1 fully saturated rings. The Morgan fingerprint density at radius 3 is 2.05 bits per heavy atom. The van der Waals surface area contributed by atoms with Crippen molar-refractivity contribution in [2.24, 2.45) is 0 Å². The Labute approximate surface area is 339 Å². The van der Waals surface area contributed by atoms with Gasteiger partial charge >= 0.3 is 12.1 Å². The smallest absolute Gasteiger partial charge is 0.463 e. The highest BCUT2D eigenvalue weighted by molar-refractivity contribution is 7.99. The van der Waals surface area contributed by atoms with Crippen LogP contribution in [0.1, 0.15) is 66.6 Å². The van der Waals surface area contributed by atoms with Gasteiger partial charge in [-0.05, 0) is 74.9 Å². The maximum absolute atomic E-state index is 13.8. The van der Waals surface area contributed by atoms with E-state index in [0.717, 1.165) is 44.7 Å². The summed E-state index contributed by atoms with van der Waals surface area (Å²) < 4.78 is 38.0. The fourth-order valence-corrected chi connectivity index (χ4v) is 8.57. The molecule has 8 nitrogen and oxygen atoms in total. The van der Waals surface area contributed by atoms with Crippen molar-refractivity contribution in [1.82, 2.24) is 0 Å². The van der Waals surface area contributed by atoms with Gasteiger partial charge in [-0.25, -0.2) is 4.79 Å². The van der Waals surface area contributed by atoms with Crippen LogP contribution >= 0.6 is 11.8 Å². The van der Waals surface area contributed by atoms with E-state index in [4.69, 9.17) is 28.4 Å². The Bertz CT molecular complexity index is 2150. The molecule has 0 amide bonds. The lowest BCUT2D eigenvalue weighted by atomic mass is 9.87. The Kier molecular flexibility index (Phi) is 12.8. The number of fused-ring (bicyclic) bond motifs is 3. The first-order valence-corrected chi connectivity index (χ1v) is 20.3. The summed E-state index contributed by atoms with van der Waals surface area (Å²) in [5.74, 6) is -0.485. The van der Waals surface area contributed by atoms with E-state index < -0.39 is 42.0 Å². The van der Waals surface area contributed by atoms with E-state index in [1.165, 1.54) is 35.4 Å². The number of aryl methyl sites for hydroxylation is 1. The van der Waals surface area contributed by atoms with Gasteiger partial charge in [0.2, 0.25) is 0 Å². The van der Waals surface area contributed by atoms with Gasteiger partial charge in [0, 0.05) is 11.8 Å². The minimum atomic E-state index is -1.06. The van der Waals surface area contributed by atoms with Gasteiger partial charge in [-0.2, -0.15) is 0 Å². The number of benzene rings is 5. The van der Waals surface area contributed by atoms with Gasteiger partial charge in [0.05, 0.1) is 13.2 Å². The van der Waals surface area contributed by atoms with Crippen LogP contribution in [0.4, 0.5) is 4.79 Å². The molecule has 0 bridgehead atoms. The van der Waals surface area contributed by atoms with Gasteiger partial charge in [0.25, 0.3) is 0 Å². The summed E-state index contributed by atoms with van der Waals surface area (Å²) in [5.41, 5.74) is 9.03. The molecule has 1 saturated heterocycles. The zero-order chi connectivity index (χ0) is 39.9. The third-order valence-electron chi connectivity index (χ3n) is 10.4. The second-order valence-electron chi connectivity index (χ2n) is 15.6. The number of esters is 1. The highest BCUT2D eigenvalue weighted by Crippen LogP contribution is 2.41. The first kappa shape index (κ1) is 40.3. The van der Waals surface area contributed by atoms with Crippen molar-refractivity contribution in [3.63, 3.8) is 0 Å². The number of hydrogen-bond acceptors (Lipinski definition) is 9. The fraction of sp³-hybridized carbons (Fsp3) is 0.333. The Hall–Kier alpha value is -4.93. The van der Waals surface area contributed by atoms with Crippen molar-refractivity contribution in [1.29, 1.82) is 0 Å². The molecule has 1 heterocycles. The molecule has 2 aliphatic rings. The molecular formula is C48H50O8S. The zero-order valence-corrected chi connectivity index (χ0v) is 34.0. The maximum Gasteiger partial charge on any atom is 0.509 e. The molecule has 0 unspecified atom stereocenters. The molecule has 5 aromatic rings. The summed E-state index contributed by atoms with van der Waals surface area (Å²) in [5, 5.41) is 0. The van der Waals surface area contributed by atoms with Crippen molar-refractivity contribution in [3.8, 4) is 11.1 Å². The van der Waals surface area contributed by atoms with E-state index in [1.807, 2.05) is 84.9 Å². The predicted octanol–water partition coefficient (Wildman–Crippen LogP) is 10.1. The average molecular weight is 787 g/mol. The summed E-state index contributed by atoms with van der Waals surface area (Å²) in [4.78, 5) is 27.1. The molecule has 296 valence electrons. The molecule has 0 radical (unpaired) electrons. The number of hydrogen-bond donors (Lipinski definition) is 0. The predicted molar refractivity (Wildman–Crippen MR) is 221 cm³/mol. The quantitative estimate of drug-likeness (QED) is 0.106. The van der Waals surface area contributed by atoms with Gasteiger partial charge in [-0.15, -0.1) is 0 Å². The third-order valence-corrected chi connectivity index (χ3v) is 11.7. The summed E-state index contributed by atoms with van der Waals surface area (Å²) in [7, 11) is 0. The topological polar surface area (TPSA) is 89.5 Å². The van der Waals surface area contributed by atoms with Gasteiger partial charge in [-0.3, -0.25) is 4.79 Å². The Morgan fingerprint density at radius 2 is 1.37 bits per heavy atom. The molecule has 0 aromatic heterocycles. The van der Waals surface area contributed by atoms with Crippen LogP contribution in [0, 0.1) is 6.92 Å². The molecule has 1 aliphatic heterocycles. The number of thioether (sulfide) groups is 1. The van der Waals surface area contributed by atoms with E-state index >= 15 is 0 Å². The van der Waals surface area contributed by atoms with Crippen molar-refractivity contribution >= 4 is 23.9 Å². The summed E-state index contributed by atoms with van der Waals surface area (Å²) in [6.45, 7) is 10.3. The highest BCUT2D eigenvalue weighted by atomic mass is 32.2. The summed E-state index contributed by atoms with van der Waals surface area (Å²) in [6.07, 6.45) is -3.69. The highest BCUT2D eigenvalue weighted by Gasteiger charge is 2.51. The molecule has 9 heteroatoms. The van der Waals surface area contributed by atoms with Crippen molar-refractivity contribution in [2.45, 2.75) is 101 Å². The van der Waals surface area contributed by atoms with Gasteiger partial charge in [0.1, 0.15) is 37.0 Å². The average Bonchev–Trinajstić information content (AvgIpc) is 3.59. The Morgan fingerprint density at radius 1 is 0.719 bits per heavy atom. The summed E-state index contributed by atoms with van der Waals surface area (Å²) >= 11 is 1.52. The largest absolute Gasteiger partial charge is 0.509 e. The van der Waals surface area contributed by atoms with Crippen LogP contribution in [0.2, 0.25) is 0 Å². The first-order chi connectivity index (χ1) is 27.5. The van der Waals surface area contributed by atoms with Gasteiger partial charge in [0.15, 0.2) is 6.10 Å². The van der Waals surface area contributed by atoms with Gasteiger partial charge < -0.3 is 28.4 Å². The first-order valence-electron chi connectivity index (χ1n) is 19.4. The van der Waals surface area contributed by atoms with Gasteiger partial charge in [-0.1, -0.05) is 148 Å². The SMILES string of the molecule is CC(=O)OC[C@H]1O[C@@H](Sc2cc(C(C)(C)C)ccc2C)[C@H](OCc2ccccc2)[C@@H](OCc2ccccc2)[C@H]1OC(=O)OCc1cccc2c1Cc1ccccc1-2. The van der Waals surface area contributed by atoms with E-state index in [9.17, 15) is 9.59 Å². The van der Waals surface area contributed by atoms with E-state index in [0.29, 0.717) is 0 Å². The fourth-order valence-electron chi connectivity index (χ4n) is 7.31. The molecule has 0 N–H and O–H groups in total. The molecule has 0 saturated carbocycles. The van der Waals surface area contributed by atoms with E-state index in [2.05, 4.69) is 64.1 Å². The van der Waals surface area contributed by atoms with Crippen LogP contribution in [0.5, 0.6) is 0 Å². The molecule has 0 spiro atoms. The van der Waals surface area contributed by atoms with Crippen LogP contribution < -0.4 is 0 Å². The third kappa shape index (κ3) is 9.97. The number of rotatable bonds is 13. The standard InChI is InChI=1S/C48H50O8S/c1-31-23-24-37(48(3,4)5)26-42(31)57-46-45(53-28-34-17-10-7-11-18-34)44(52-27-33-15-8-6-9-16-33)43(41(55-46)30-51-32(2)49)56-47(50)54-29-36-20-14-22-39-38-21-13-12-19-35(38)25-40(36)39/h6-24,26,41,43-46H,25,27-30H2,1-5H3/t41-,43+,44+,45-,46+/m1/s1. The lowest BCUT2D eigenvalue weighted by Crippen LogP contribution is -2.61. The van der Waals surface area contributed by atoms with Crippen molar-refractivity contribution in [2.75, 3.05) is 6.61 Å². The summed E-state index contributed by atoms with van der Waals surface area (Å²) in [6, 6.07) is 40.5. The molecule has 5 atom stereocenters. The van der Waals surface area contributed by atoms with E-state index in [-0.39, 0.29) is 31.8 Å². The van der Waals surface area contributed by atoms with Crippen LogP contribution in [-0.4, -0.2) is 48.6 Å². The minimum Gasteiger partial charge on any atom is -0.463 e. The Balaban J connectivity index is 1.20. The van der Waals surface area contributed by atoms with Crippen molar-refractivity contribution in [3.05, 3.63) is 160 Å². The van der Waals surface area contributed by atoms with Crippen molar-refractivity contribution < 1.29 is 38.0 Å². The van der Waals surface area contributed by atoms with Crippen LogP contribution in [0.15, 0.2) is 126 Å². The number of carbonyl (C=O) groups excluding carboxylic acids is 2. The lowest BCUT2D eigenvalue weighted by molar-refractivity contribution is -0.242. The maximum atomic E-state index is 13.8. The molecule has 57 heavy (non-hydrogen) atoms. The molecule has 7 rings (SSSR count). The van der Waals surface area contributed by atoms with Crippen LogP contribution in [0.3, 0.4) is 0 Å². The lowest BCUT2D eigenvalue weighted by Gasteiger charge is -2.45.